The Bertz CT molecular complexity index is 1350. The van der Waals surface area contributed by atoms with Gasteiger partial charge < -0.3 is 9.64 Å². The van der Waals surface area contributed by atoms with Crippen molar-refractivity contribution in [3.63, 3.8) is 0 Å². The lowest BCUT2D eigenvalue weighted by Gasteiger charge is -2.35. The third-order valence-corrected chi connectivity index (χ3v) is 9.55. The number of nitrogens with one attached hydrogen (secondary N) is 1. The number of sulfonamides is 1. The number of fused-ring (bicyclic) bond motifs is 2. The molecule has 0 unspecified atom stereocenters. The highest BCUT2D eigenvalue weighted by molar-refractivity contribution is 7.89. The van der Waals surface area contributed by atoms with Gasteiger partial charge in [-0.3, -0.25) is 4.40 Å². The Morgan fingerprint density at radius 2 is 2.06 bits per heavy atom. The van der Waals surface area contributed by atoms with Crippen molar-refractivity contribution in [2.75, 3.05) is 31.2 Å². The fourth-order valence-corrected chi connectivity index (χ4v) is 6.95. The Labute approximate surface area is 199 Å². The van der Waals surface area contributed by atoms with Crippen molar-refractivity contribution in [2.24, 2.45) is 11.8 Å². The molecule has 182 valence electrons. The van der Waals surface area contributed by atoms with Gasteiger partial charge in [0.25, 0.3) is 6.43 Å². The van der Waals surface area contributed by atoms with Crippen LogP contribution in [0, 0.1) is 11.8 Å². The molecule has 2 aliphatic heterocycles. The maximum atomic E-state index is 13.3. The van der Waals surface area contributed by atoms with Crippen molar-refractivity contribution >= 4 is 32.7 Å². The molecule has 2 saturated heterocycles. The summed E-state index contributed by atoms with van der Waals surface area (Å²) in [5.74, 6) is 0.892. The van der Waals surface area contributed by atoms with Gasteiger partial charge in [0.1, 0.15) is 10.6 Å². The molecule has 1 aliphatic carbocycles. The van der Waals surface area contributed by atoms with Crippen LogP contribution in [0.1, 0.15) is 37.6 Å². The van der Waals surface area contributed by atoms with E-state index in [2.05, 4.69) is 24.8 Å². The molecule has 13 heteroatoms. The molecule has 1 N–H and O–H groups in total. The smallest absolute Gasteiger partial charge is 0.291 e. The van der Waals surface area contributed by atoms with Crippen LogP contribution in [0.25, 0.3) is 16.3 Å². The van der Waals surface area contributed by atoms with E-state index < -0.39 is 22.0 Å². The van der Waals surface area contributed by atoms with Gasteiger partial charge >= 0.3 is 0 Å². The Morgan fingerprint density at radius 3 is 2.79 bits per heavy atom. The van der Waals surface area contributed by atoms with E-state index in [1.54, 1.807) is 10.5 Å². The number of rotatable bonds is 6. The van der Waals surface area contributed by atoms with Crippen molar-refractivity contribution in [1.29, 1.82) is 0 Å². The molecule has 0 aromatic carbocycles. The predicted molar refractivity (Wildman–Crippen MR) is 122 cm³/mol. The molecule has 9 nitrogen and oxygen atoms in total. The number of hydrogen-bond acceptors (Lipinski definition) is 8. The minimum absolute atomic E-state index is 0.103. The predicted octanol–water partition coefficient (Wildman–Crippen LogP) is 3.09. The molecular weight excluding hydrogens is 486 g/mol. The molecule has 0 radical (unpaired) electrons. The lowest BCUT2D eigenvalue weighted by atomic mass is 9.88. The lowest BCUT2D eigenvalue weighted by Crippen LogP contribution is -2.40. The molecular formula is C21H24F2N6O3S2. The summed E-state index contributed by atoms with van der Waals surface area (Å²) in [7, 11) is -3.81. The molecule has 3 fully saturated rings. The van der Waals surface area contributed by atoms with Crippen molar-refractivity contribution < 1.29 is 21.9 Å². The Balaban J connectivity index is 1.47. The van der Waals surface area contributed by atoms with Crippen LogP contribution in [-0.2, 0) is 14.8 Å². The Hall–Kier alpha value is -2.22. The maximum Gasteiger partial charge on any atom is 0.291 e. The van der Waals surface area contributed by atoms with Crippen LogP contribution < -0.4 is 9.62 Å². The first-order valence-electron chi connectivity index (χ1n) is 11.2. The number of halogens is 2. The van der Waals surface area contributed by atoms with Crippen LogP contribution in [0.4, 0.5) is 14.5 Å². The van der Waals surface area contributed by atoms with Crippen molar-refractivity contribution in [2.45, 2.75) is 43.0 Å². The summed E-state index contributed by atoms with van der Waals surface area (Å²) in [5.41, 5.74) is 1.24. The lowest BCUT2D eigenvalue weighted by molar-refractivity contribution is 0.150. The highest BCUT2D eigenvalue weighted by atomic mass is 32.2. The molecule has 2 atom stereocenters. The molecule has 1 saturated carbocycles. The van der Waals surface area contributed by atoms with Crippen LogP contribution in [-0.4, -0.2) is 59.8 Å². The van der Waals surface area contributed by atoms with Gasteiger partial charge in [-0.1, -0.05) is 11.3 Å². The quantitative estimate of drug-likeness (QED) is 0.544. The van der Waals surface area contributed by atoms with E-state index >= 15 is 0 Å². The number of pyridine rings is 1. The minimum Gasteiger partial charge on any atom is -0.381 e. The summed E-state index contributed by atoms with van der Waals surface area (Å²) in [5, 5.41) is 7.36. The van der Waals surface area contributed by atoms with E-state index in [0.29, 0.717) is 35.5 Å². The molecule has 0 spiro atoms. The van der Waals surface area contributed by atoms with Crippen molar-refractivity contribution in [3.05, 3.63) is 23.5 Å². The first kappa shape index (κ1) is 22.3. The number of anilines is 1. The van der Waals surface area contributed by atoms with E-state index in [1.165, 1.54) is 12.4 Å². The summed E-state index contributed by atoms with van der Waals surface area (Å²) in [6.07, 6.45) is 2.82. The fourth-order valence-electron chi connectivity index (χ4n) is 4.76. The first-order valence-corrected chi connectivity index (χ1v) is 13.5. The summed E-state index contributed by atoms with van der Waals surface area (Å²) in [4.78, 5) is 6.81. The molecule has 3 aromatic heterocycles. The van der Waals surface area contributed by atoms with Crippen LogP contribution in [0.3, 0.4) is 0 Å². The normalized spacial score (nSPS) is 24.2. The van der Waals surface area contributed by atoms with E-state index in [1.807, 2.05) is 6.92 Å². The third kappa shape index (κ3) is 3.88. The van der Waals surface area contributed by atoms with Gasteiger partial charge in [0.05, 0.1) is 18.5 Å². The van der Waals surface area contributed by atoms with Crippen LogP contribution in [0.5, 0.6) is 0 Å². The van der Waals surface area contributed by atoms with Gasteiger partial charge in [-0.15, -0.1) is 10.2 Å². The summed E-state index contributed by atoms with van der Waals surface area (Å²) in [6.45, 7) is 4.83. The average Bonchev–Trinajstić information content (AvgIpc) is 3.25. The minimum atomic E-state index is -3.81. The molecule has 0 bridgehead atoms. The first-order chi connectivity index (χ1) is 16.2. The van der Waals surface area contributed by atoms with E-state index in [9.17, 15) is 17.2 Å². The summed E-state index contributed by atoms with van der Waals surface area (Å²) < 4.78 is 62.9. The number of hydrogen-bond donors (Lipinski definition) is 1. The molecule has 3 aliphatic rings. The number of aromatic nitrogens is 4. The summed E-state index contributed by atoms with van der Waals surface area (Å²) in [6, 6.07) is 1.67. The van der Waals surface area contributed by atoms with Crippen molar-refractivity contribution in [3.8, 4) is 10.7 Å². The molecule has 34 heavy (non-hydrogen) atoms. The SMILES string of the molecule is CC1(NS(=O)(=O)c2cc(N3CC[C@H]4COC[C@@H]4C3)c3ncc(-c4nnc(C(F)F)s4)n3c2)CC1. The Morgan fingerprint density at radius 1 is 1.26 bits per heavy atom. The summed E-state index contributed by atoms with van der Waals surface area (Å²) >= 11 is 0.773. The molecule has 6 rings (SSSR count). The second-order valence-electron chi connectivity index (χ2n) is 9.60. The van der Waals surface area contributed by atoms with Gasteiger partial charge in [0.15, 0.2) is 15.7 Å². The molecule has 5 heterocycles. The highest BCUT2D eigenvalue weighted by Gasteiger charge is 2.42. The molecule has 0 amide bonds. The maximum absolute atomic E-state index is 13.3. The number of nitrogens with zero attached hydrogens (tertiary/aromatic N) is 5. The highest BCUT2D eigenvalue weighted by Crippen LogP contribution is 2.39. The topological polar surface area (TPSA) is 102 Å². The van der Waals surface area contributed by atoms with Gasteiger partial charge in [-0.05, 0) is 38.2 Å². The number of imidazole rings is 1. The van der Waals surface area contributed by atoms with Crippen LogP contribution in [0.15, 0.2) is 23.4 Å². The van der Waals surface area contributed by atoms with E-state index in [0.717, 1.165) is 50.3 Å². The fraction of sp³-hybridized carbons (Fsp3) is 0.571. The van der Waals surface area contributed by atoms with Gasteiger partial charge in [0, 0.05) is 37.4 Å². The zero-order valence-corrected chi connectivity index (χ0v) is 20.1. The number of ether oxygens (including phenoxy) is 1. The van der Waals surface area contributed by atoms with Crippen molar-refractivity contribution in [1.82, 2.24) is 24.3 Å². The zero-order chi connectivity index (χ0) is 23.7. The standard InChI is InChI=1S/C21H24F2N6O3S2/c1-21(3-4-21)27-34(30,31)14-6-15(28-5-2-12-10-32-11-13(12)8-28)18-24-7-16(29(18)9-14)19-25-26-20(33-19)17(22)23/h6-7,9,12-13,17,27H,2-5,8,10-11H2,1H3/t12-,13-/m0/s1. The molecule has 3 aromatic rings. The van der Waals surface area contributed by atoms with E-state index in [-0.39, 0.29) is 14.9 Å². The number of alkyl halides is 2. The zero-order valence-electron chi connectivity index (χ0n) is 18.4. The van der Waals surface area contributed by atoms with Gasteiger partial charge in [-0.25, -0.2) is 26.9 Å². The van der Waals surface area contributed by atoms with E-state index in [4.69, 9.17) is 4.74 Å². The number of piperidine rings is 1. The monoisotopic (exact) mass is 510 g/mol. The largest absolute Gasteiger partial charge is 0.381 e. The Kier molecular flexibility index (Phi) is 5.17. The second kappa shape index (κ2) is 7.90. The van der Waals surface area contributed by atoms with Crippen LogP contribution >= 0.6 is 11.3 Å². The second-order valence-corrected chi connectivity index (χ2v) is 12.3. The third-order valence-electron chi connectivity index (χ3n) is 6.99. The van der Waals surface area contributed by atoms with Gasteiger partial charge in [0.2, 0.25) is 10.0 Å². The average molecular weight is 511 g/mol. The van der Waals surface area contributed by atoms with Gasteiger partial charge in [-0.2, -0.15) is 0 Å². The van der Waals surface area contributed by atoms with Crippen LogP contribution in [0.2, 0.25) is 0 Å².